The molecule has 8 nitrogen and oxygen atoms in total. The average Bonchev–Trinajstić information content (AvgIpc) is 3.27. The van der Waals surface area contributed by atoms with E-state index in [9.17, 15) is 9.59 Å². The van der Waals surface area contributed by atoms with Crippen molar-refractivity contribution >= 4 is 29.2 Å². The first-order chi connectivity index (χ1) is 15.5. The van der Waals surface area contributed by atoms with Crippen LogP contribution in [0.5, 0.6) is 0 Å². The van der Waals surface area contributed by atoms with Gasteiger partial charge in [0.05, 0.1) is 30.8 Å². The van der Waals surface area contributed by atoms with Crippen molar-refractivity contribution in [3.8, 4) is 11.4 Å². The third-order valence-electron chi connectivity index (χ3n) is 5.38. The molecule has 1 aliphatic heterocycles. The first-order valence-electron chi connectivity index (χ1n) is 10.3. The maximum absolute atomic E-state index is 12.9. The Balaban J connectivity index is 1.39. The fourth-order valence-corrected chi connectivity index (χ4v) is 3.97. The smallest absolute Gasteiger partial charge is 0.339 e. The van der Waals surface area contributed by atoms with Gasteiger partial charge in [-0.2, -0.15) is 4.98 Å². The Bertz CT molecular complexity index is 1120. The minimum absolute atomic E-state index is 0.129. The Hall–Kier alpha value is -3.23. The number of nitrogens with one attached hydrogen (secondary N) is 1. The SMILES string of the molecule is COC(=O)c1ccccc1NC(=O)C1CCCN(Cc2nc(-c3cccc(Cl)c3)no2)C1. The van der Waals surface area contributed by atoms with E-state index >= 15 is 0 Å². The summed E-state index contributed by atoms with van der Waals surface area (Å²) in [7, 11) is 1.31. The molecule has 4 rings (SSSR count). The molecule has 1 N–H and O–H groups in total. The number of amides is 1. The number of likely N-dealkylation sites (tertiary alicyclic amines) is 1. The summed E-state index contributed by atoms with van der Waals surface area (Å²) in [6.07, 6.45) is 1.63. The van der Waals surface area contributed by atoms with Gasteiger partial charge < -0.3 is 14.6 Å². The van der Waals surface area contributed by atoms with Crippen LogP contribution >= 0.6 is 11.6 Å². The highest BCUT2D eigenvalue weighted by Gasteiger charge is 2.28. The summed E-state index contributed by atoms with van der Waals surface area (Å²) in [6, 6.07) is 14.1. The molecule has 166 valence electrons. The number of anilines is 1. The van der Waals surface area contributed by atoms with Gasteiger partial charge >= 0.3 is 5.97 Å². The first-order valence-corrected chi connectivity index (χ1v) is 10.7. The van der Waals surface area contributed by atoms with Crippen molar-refractivity contribution in [1.82, 2.24) is 15.0 Å². The predicted octanol–water partition coefficient (Wildman–Crippen LogP) is 4.03. The number of benzene rings is 2. The maximum atomic E-state index is 12.9. The molecule has 0 aliphatic carbocycles. The number of aromatic nitrogens is 2. The molecule has 1 saturated heterocycles. The number of ether oxygens (including phenoxy) is 1. The van der Waals surface area contributed by atoms with E-state index in [1.165, 1.54) is 7.11 Å². The Labute approximate surface area is 190 Å². The topological polar surface area (TPSA) is 97.6 Å². The second-order valence-electron chi connectivity index (χ2n) is 7.62. The number of esters is 1. The van der Waals surface area contributed by atoms with Crippen LogP contribution in [-0.2, 0) is 16.1 Å². The minimum Gasteiger partial charge on any atom is -0.465 e. The normalized spacial score (nSPS) is 16.5. The summed E-state index contributed by atoms with van der Waals surface area (Å²) in [5.74, 6) is 0.129. The van der Waals surface area contributed by atoms with E-state index in [0.29, 0.717) is 41.1 Å². The van der Waals surface area contributed by atoms with Gasteiger partial charge in [-0.3, -0.25) is 9.69 Å². The molecule has 2 aromatic carbocycles. The molecule has 0 saturated carbocycles. The number of halogens is 1. The average molecular weight is 455 g/mol. The van der Waals surface area contributed by atoms with Gasteiger partial charge in [-0.1, -0.05) is 41.0 Å². The van der Waals surface area contributed by atoms with Crippen LogP contribution in [0.25, 0.3) is 11.4 Å². The molecule has 2 heterocycles. The van der Waals surface area contributed by atoms with E-state index in [4.69, 9.17) is 20.9 Å². The number of carbonyl (C=O) groups excluding carboxylic acids is 2. The maximum Gasteiger partial charge on any atom is 0.339 e. The van der Waals surface area contributed by atoms with E-state index < -0.39 is 5.97 Å². The van der Waals surface area contributed by atoms with Gasteiger partial charge in [-0.05, 0) is 43.7 Å². The minimum atomic E-state index is -0.488. The highest BCUT2D eigenvalue weighted by Crippen LogP contribution is 2.24. The standard InChI is InChI=1S/C23H23ClN4O4/c1-31-23(30)18-9-2-3-10-19(18)25-22(29)16-7-5-11-28(13-16)14-20-26-21(27-32-20)15-6-4-8-17(24)12-15/h2-4,6,8-10,12,16H,5,7,11,13-14H2,1H3,(H,25,29). The summed E-state index contributed by atoms with van der Waals surface area (Å²) in [4.78, 5) is 31.4. The number of piperidine rings is 1. The Morgan fingerprint density at radius 1 is 1.25 bits per heavy atom. The third kappa shape index (κ3) is 5.15. The number of methoxy groups -OCH3 is 1. The van der Waals surface area contributed by atoms with Crippen molar-refractivity contribution < 1.29 is 18.8 Å². The van der Waals surface area contributed by atoms with Gasteiger partial charge in [0.25, 0.3) is 0 Å². The third-order valence-corrected chi connectivity index (χ3v) is 5.61. The van der Waals surface area contributed by atoms with E-state index in [1.54, 1.807) is 36.4 Å². The molecule has 1 fully saturated rings. The second kappa shape index (κ2) is 9.93. The molecule has 1 aliphatic rings. The zero-order valence-electron chi connectivity index (χ0n) is 17.6. The lowest BCUT2D eigenvalue weighted by molar-refractivity contribution is -0.121. The Morgan fingerprint density at radius 3 is 2.91 bits per heavy atom. The van der Waals surface area contributed by atoms with Gasteiger partial charge in [-0.25, -0.2) is 4.79 Å². The van der Waals surface area contributed by atoms with Crippen LogP contribution in [0.1, 0.15) is 29.1 Å². The van der Waals surface area contributed by atoms with Gasteiger partial charge in [0.1, 0.15) is 0 Å². The number of hydrogen-bond acceptors (Lipinski definition) is 7. The second-order valence-corrected chi connectivity index (χ2v) is 8.06. The van der Waals surface area contributed by atoms with E-state index in [0.717, 1.165) is 24.9 Å². The van der Waals surface area contributed by atoms with Crippen LogP contribution < -0.4 is 5.32 Å². The van der Waals surface area contributed by atoms with Crippen molar-refractivity contribution in [1.29, 1.82) is 0 Å². The van der Waals surface area contributed by atoms with E-state index in [-0.39, 0.29) is 11.8 Å². The predicted molar refractivity (Wildman–Crippen MR) is 119 cm³/mol. The van der Waals surface area contributed by atoms with E-state index in [1.807, 2.05) is 12.1 Å². The molecule has 0 spiro atoms. The fourth-order valence-electron chi connectivity index (χ4n) is 3.78. The summed E-state index contributed by atoms with van der Waals surface area (Å²) in [5, 5.41) is 7.53. The largest absolute Gasteiger partial charge is 0.465 e. The number of para-hydroxylation sites is 1. The molecule has 1 atom stereocenters. The van der Waals surface area contributed by atoms with E-state index in [2.05, 4.69) is 20.4 Å². The molecule has 0 bridgehead atoms. The molecule has 3 aromatic rings. The lowest BCUT2D eigenvalue weighted by atomic mass is 9.97. The van der Waals surface area contributed by atoms with Crippen molar-refractivity contribution in [2.75, 3.05) is 25.5 Å². The highest BCUT2D eigenvalue weighted by atomic mass is 35.5. The summed E-state index contributed by atoms with van der Waals surface area (Å²) in [5.41, 5.74) is 1.56. The fraction of sp³-hybridized carbons (Fsp3) is 0.304. The van der Waals surface area contributed by atoms with Crippen LogP contribution in [0.3, 0.4) is 0 Å². The van der Waals surface area contributed by atoms with Crippen LogP contribution in [0, 0.1) is 5.92 Å². The molecule has 0 radical (unpaired) electrons. The number of nitrogens with zero attached hydrogens (tertiary/aromatic N) is 3. The molecule has 1 unspecified atom stereocenters. The van der Waals surface area contributed by atoms with Crippen LogP contribution in [-0.4, -0.2) is 47.1 Å². The lowest BCUT2D eigenvalue weighted by Gasteiger charge is -2.31. The summed E-state index contributed by atoms with van der Waals surface area (Å²) < 4.78 is 10.2. The van der Waals surface area contributed by atoms with Crippen molar-refractivity contribution in [3.63, 3.8) is 0 Å². The number of carbonyl (C=O) groups is 2. The van der Waals surface area contributed by atoms with Gasteiger partial charge in [-0.15, -0.1) is 0 Å². The van der Waals surface area contributed by atoms with Crippen LogP contribution in [0.2, 0.25) is 5.02 Å². The Kier molecular flexibility index (Phi) is 6.82. The molecular weight excluding hydrogens is 432 g/mol. The highest BCUT2D eigenvalue weighted by molar-refractivity contribution is 6.30. The first kappa shape index (κ1) is 22.0. The number of hydrogen-bond donors (Lipinski definition) is 1. The lowest BCUT2D eigenvalue weighted by Crippen LogP contribution is -2.40. The molecule has 9 heteroatoms. The van der Waals surface area contributed by atoms with Gasteiger partial charge in [0, 0.05) is 17.1 Å². The molecular formula is C23H23ClN4O4. The van der Waals surface area contributed by atoms with Crippen molar-refractivity contribution in [3.05, 3.63) is 65.0 Å². The van der Waals surface area contributed by atoms with Crippen molar-refractivity contribution in [2.24, 2.45) is 5.92 Å². The summed E-state index contributed by atoms with van der Waals surface area (Å²) >= 11 is 6.04. The molecule has 32 heavy (non-hydrogen) atoms. The zero-order valence-corrected chi connectivity index (χ0v) is 18.3. The Morgan fingerprint density at radius 2 is 2.09 bits per heavy atom. The van der Waals surface area contributed by atoms with Crippen molar-refractivity contribution in [2.45, 2.75) is 19.4 Å². The summed E-state index contributed by atoms with van der Waals surface area (Å²) in [6.45, 7) is 1.84. The van der Waals surface area contributed by atoms with Crippen LogP contribution in [0.4, 0.5) is 5.69 Å². The van der Waals surface area contributed by atoms with Gasteiger partial charge in [0.15, 0.2) is 0 Å². The van der Waals surface area contributed by atoms with Crippen LogP contribution in [0.15, 0.2) is 53.1 Å². The zero-order chi connectivity index (χ0) is 22.5. The monoisotopic (exact) mass is 454 g/mol. The quantitative estimate of drug-likeness (QED) is 0.561. The van der Waals surface area contributed by atoms with Gasteiger partial charge in [0.2, 0.25) is 17.6 Å². The molecule has 1 amide bonds. The molecule has 1 aromatic heterocycles. The number of rotatable bonds is 6.